The third kappa shape index (κ3) is 3.76. The number of hydrogen-bond acceptors (Lipinski definition) is 4. The van der Waals surface area contributed by atoms with Crippen LogP contribution in [-0.2, 0) is 5.60 Å². The molecule has 1 aromatic carbocycles. The van der Waals surface area contributed by atoms with Gasteiger partial charge in [-0.1, -0.05) is 30.3 Å². The summed E-state index contributed by atoms with van der Waals surface area (Å²) in [6, 6.07) is 9.77. The van der Waals surface area contributed by atoms with Gasteiger partial charge in [-0.05, 0) is 19.0 Å². The summed E-state index contributed by atoms with van der Waals surface area (Å²) in [6.45, 7) is 5.53. The third-order valence-electron chi connectivity index (χ3n) is 4.09. The van der Waals surface area contributed by atoms with Crippen LogP contribution < -0.4 is 5.73 Å². The van der Waals surface area contributed by atoms with Crippen LogP contribution in [-0.4, -0.2) is 61.2 Å². The quantitative estimate of drug-likeness (QED) is 0.811. The molecule has 0 aromatic heterocycles. The van der Waals surface area contributed by atoms with Crippen molar-refractivity contribution in [1.29, 1.82) is 0 Å². The molecule has 0 bridgehead atoms. The predicted octanol–water partition coefficient (Wildman–Crippen LogP) is 0.470. The van der Waals surface area contributed by atoms with Crippen LogP contribution in [0.3, 0.4) is 0 Å². The first-order valence-corrected chi connectivity index (χ1v) is 7.03. The largest absolute Gasteiger partial charge is 0.384 e. The van der Waals surface area contributed by atoms with Gasteiger partial charge >= 0.3 is 0 Å². The molecule has 1 saturated heterocycles. The van der Waals surface area contributed by atoms with Gasteiger partial charge in [0.1, 0.15) is 5.60 Å². The van der Waals surface area contributed by atoms with Crippen LogP contribution in [0.15, 0.2) is 30.3 Å². The highest BCUT2D eigenvalue weighted by atomic mass is 16.3. The summed E-state index contributed by atoms with van der Waals surface area (Å²) in [4.78, 5) is 4.74. The molecule has 1 aliphatic rings. The van der Waals surface area contributed by atoms with Gasteiger partial charge in [0.25, 0.3) is 0 Å². The Kier molecular flexibility index (Phi) is 4.93. The molecule has 1 aromatic rings. The second-order valence-corrected chi connectivity index (χ2v) is 5.50. The maximum Gasteiger partial charge on any atom is 0.103 e. The number of hydrogen-bond donors (Lipinski definition) is 2. The Morgan fingerprint density at radius 2 is 1.79 bits per heavy atom. The molecule has 0 radical (unpaired) electrons. The van der Waals surface area contributed by atoms with E-state index in [0.29, 0.717) is 6.42 Å². The minimum Gasteiger partial charge on any atom is -0.384 e. The van der Waals surface area contributed by atoms with Crippen molar-refractivity contribution >= 4 is 0 Å². The molecule has 1 heterocycles. The maximum atomic E-state index is 10.7. The van der Waals surface area contributed by atoms with E-state index in [1.807, 2.05) is 30.3 Å². The lowest BCUT2D eigenvalue weighted by Gasteiger charge is -2.35. The van der Waals surface area contributed by atoms with Gasteiger partial charge in [0.05, 0.1) is 0 Å². The second-order valence-electron chi connectivity index (χ2n) is 5.50. The van der Waals surface area contributed by atoms with Crippen LogP contribution in [0.4, 0.5) is 0 Å². The standard InChI is InChI=1S/C15H25N3O/c1-17-9-11-18(12-10-17)8-7-15(19,13-16)14-5-3-2-4-6-14/h2-6,19H,7-13,16H2,1H3. The van der Waals surface area contributed by atoms with Crippen LogP contribution in [0.1, 0.15) is 12.0 Å². The lowest BCUT2D eigenvalue weighted by atomic mass is 9.90. The number of benzene rings is 1. The number of nitrogens with zero attached hydrogens (tertiary/aromatic N) is 2. The minimum absolute atomic E-state index is 0.269. The van der Waals surface area contributed by atoms with Crippen LogP contribution in [0.25, 0.3) is 0 Å². The third-order valence-corrected chi connectivity index (χ3v) is 4.09. The highest BCUT2D eigenvalue weighted by Gasteiger charge is 2.28. The number of likely N-dealkylation sites (N-methyl/N-ethyl adjacent to an activating group) is 1. The Balaban J connectivity index is 1.92. The fraction of sp³-hybridized carbons (Fsp3) is 0.600. The van der Waals surface area contributed by atoms with Crippen molar-refractivity contribution in [2.24, 2.45) is 5.73 Å². The monoisotopic (exact) mass is 263 g/mol. The average Bonchev–Trinajstić information content (AvgIpc) is 2.47. The van der Waals surface area contributed by atoms with Crippen LogP contribution in [0.2, 0.25) is 0 Å². The van der Waals surface area contributed by atoms with E-state index in [4.69, 9.17) is 5.73 Å². The highest BCUT2D eigenvalue weighted by Crippen LogP contribution is 2.24. The minimum atomic E-state index is -0.898. The molecule has 1 atom stereocenters. The lowest BCUT2D eigenvalue weighted by Crippen LogP contribution is -2.47. The Morgan fingerprint density at radius 1 is 1.16 bits per heavy atom. The molecule has 106 valence electrons. The molecule has 0 aliphatic carbocycles. The lowest BCUT2D eigenvalue weighted by molar-refractivity contribution is 0.0207. The van der Waals surface area contributed by atoms with Gasteiger partial charge in [0.15, 0.2) is 0 Å². The van der Waals surface area contributed by atoms with Gasteiger partial charge in [-0.2, -0.15) is 0 Å². The van der Waals surface area contributed by atoms with Crippen LogP contribution in [0, 0.1) is 0 Å². The van der Waals surface area contributed by atoms with Crippen molar-refractivity contribution in [2.75, 3.05) is 46.3 Å². The molecular weight excluding hydrogens is 238 g/mol. The van der Waals surface area contributed by atoms with Crippen molar-refractivity contribution in [3.8, 4) is 0 Å². The normalized spacial score (nSPS) is 21.2. The average molecular weight is 263 g/mol. The van der Waals surface area contributed by atoms with Gasteiger partial charge in [-0.15, -0.1) is 0 Å². The molecule has 0 amide bonds. The van der Waals surface area contributed by atoms with Crippen molar-refractivity contribution < 1.29 is 5.11 Å². The second kappa shape index (κ2) is 6.48. The Labute approximate surface area is 115 Å². The molecule has 3 N–H and O–H groups in total. The predicted molar refractivity (Wildman–Crippen MR) is 77.9 cm³/mol. The molecule has 4 nitrogen and oxygen atoms in total. The number of rotatable bonds is 5. The molecular formula is C15H25N3O. The van der Waals surface area contributed by atoms with Crippen molar-refractivity contribution in [3.63, 3.8) is 0 Å². The van der Waals surface area contributed by atoms with Gasteiger partial charge in [-0.3, -0.25) is 0 Å². The summed E-state index contributed by atoms with van der Waals surface area (Å²) in [5, 5.41) is 10.7. The van der Waals surface area contributed by atoms with E-state index in [1.165, 1.54) is 0 Å². The zero-order chi connectivity index (χ0) is 13.7. The molecule has 1 aliphatic heterocycles. The van der Waals surface area contributed by atoms with E-state index in [-0.39, 0.29) is 6.54 Å². The zero-order valence-corrected chi connectivity index (χ0v) is 11.8. The summed E-state index contributed by atoms with van der Waals surface area (Å²) in [6.07, 6.45) is 0.692. The van der Waals surface area contributed by atoms with E-state index >= 15 is 0 Å². The Bertz CT molecular complexity index is 376. The first-order chi connectivity index (χ1) is 9.14. The summed E-state index contributed by atoms with van der Waals surface area (Å²) < 4.78 is 0. The van der Waals surface area contributed by atoms with E-state index in [0.717, 1.165) is 38.3 Å². The highest BCUT2D eigenvalue weighted by molar-refractivity contribution is 5.22. The topological polar surface area (TPSA) is 52.7 Å². The molecule has 19 heavy (non-hydrogen) atoms. The summed E-state index contributed by atoms with van der Waals surface area (Å²) in [5.74, 6) is 0. The molecule has 1 fully saturated rings. The van der Waals surface area contributed by atoms with Gasteiger partial charge < -0.3 is 20.6 Å². The molecule has 4 heteroatoms. The molecule has 2 rings (SSSR count). The Hall–Kier alpha value is -0.940. The number of nitrogens with two attached hydrogens (primary N) is 1. The fourth-order valence-corrected chi connectivity index (χ4v) is 2.53. The van der Waals surface area contributed by atoms with E-state index < -0.39 is 5.60 Å². The Morgan fingerprint density at radius 3 is 2.37 bits per heavy atom. The van der Waals surface area contributed by atoms with E-state index in [2.05, 4.69) is 16.8 Å². The zero-order valence-electron chi connectivity index (χ0n) is 11.8. The van der Waals surface area contributed by atoms with Crippen molar-refractivity contribution in [2.45, 2.75) is 12.0 Å². The first-order valence-electron chi connectivity index (χ1n) is 7.03. The number of aliphatic hydroxyl groups is 1. The molecule has 0 saturated carbocycles. The van der Waals surface area contributed by atoms with E-state index in [1.54, 1.807) is 0 Å². The SMILES string of the molecule is CN1CCN(CCC(O)(CN)c2ccccc2)CC1. The van der Waals surface area contributed by atoms with Crippen LogP contribution >= 0.6 is 0 Å². The van der Waals surface area contributed by atoms with Gasteiger partial charge in [0, 0.05) is 39.3 Å². The van der Waals surface area contributed by atoms with Gasteiger partial charge in [0.2, 0.25) is 0 Å². The van der Waals surface area contributed by atoms with Crippen molar-refractivity contribution in [1.82, 2.24) is 9.80 Å². The summed E-state index contributed by atoms with van der Waals surface area (Å²) in [5.41, 5.74) is 5.82. The summed E-state index contributed by atoms with van der Waals surface area (Å²) in [7, 11) is 2.15. The molecule has 1 unspecified atom stereocenters. The van der Waals surface area contributed by atoms with Crippen LogP contribution in [0.5, 0.6) is 0 Å². The smallest absolute Gasteiger partial charge is 0.103 e. The number of piperazine rings is 1. The van der Waals surface area contributed by atoms with E-state index in [9.17, 15) is 5.11 Å². The van der Waals surface area contributed by atoms with Gasteiger partial charge in [-0.25, -0.2) is 0 Å². The first kappa shape index (κ1) is 14.5. The summed E-state index contributed by atoms with van der Waals surface area (Å²) >= 11 is 0. The maximum absolute atomic E-state index is 10.7. The fourth-order valence-electron chi connectivity index (χ4n) is 2.53. The van der Waals surface area contributed by atoms with Crippen molar-refractivity contribution in [3.05, 3.63) is 35.9 Å². The molecule has 0 spiro atoms.